The average Bonchev–Trinajstić information content (AvgIpc) is 2.33. The maximum atomic E-state index is 9.53. The van der Waals surface area contributed by atoms with Gasteiger partial charge in [0.1, 0.15) is 0 Å². The van der Waals surface area contributed by atoms with Crippen LogP contribution in [0.2, 0.25) is 0 Å². The fourth-order valence-corrected chi connectivity index (χ4v) is 4.16. The van der Waals surface area contributed by atoms with Crippen LogP contribution in [0.25, 0.3) is 0 Å². The second-order valence-corrected chi connectivity index (χ2v) is 6.94. The molecule has 1 aromatic carbocycles. The van der Waals surface area contributed by atoms with Crippen molar-refractivity contribution >= 4 is 27.7 Å². The van der Waals surface area contributed by atoms with E-state index in [1.807, 2.05) is 23.9 Å². The summed E-state index contributed by atoms with van der Waals surface area (Å²) in [4.78, 5) is 1.31. The van der Waals surface area contributed by atoms with E-state index in [0.29, 0.717) is 0 Å². The van der Waals surface area contributed by atoms with Crippen LogP contribution in [0.3, 0.4) is 0 Å². The monoisotopic (exact) mass is 314 g/mol. The number of benzene rings is 1. The van der Waals surface area contributed by atoms with Crippen LogP contribution < -0.4 is 0 Å². The second kappa shape index (κ2) is 6.26. The minimum absolute atomic E-state index is 0.389. The molecular formula is C14H19BrOS. The molecule has 1 nitrogen and oxygen atoms in total. The van der Waals surface area contributed by atoms with Gasteiger partial charge in [0.2, 0.25) is 0 Å². The molecule has 17 heavy (non-hydrogen) atoms. The van der Waals surface area contributed by atoms with Crippen LogP contribution in [-0.4, -0.2) is 10.4 Å². The smallest absolute Gasteiger partial charge is 0.0762 e. The van der Waals surface area contributed by atoms with E-state index in [2.05, 4.69) is 22.0 Å². The van der Waals surface area contributed by atoms with Crippen molar-refractivity contribution in [1.29, 1.82) is 0 Å². The largest absolute Gasteiger partial charge is 0.389 e. The highest BCUT2D eigenvalue weighted by molar-refractivity contribution is 9.10. The zero-order chi connectivity index (χ0) is 12.3. The normalized spacial score (nSPS) is 19.2. The summed E-state index contributed by atoms with van der Waals surface area (Å²) >= 11 is 5.59. The lowest BCUT2D eigenvalue weighted by atomic mass is 10.0. The van der Waals surface area contributed by atoms with Gasteiger partial charge >= 0.3 is 0 Å². The molecule has 0 aliphatic heterocycles. The summed E-state index contributed by atoms with van der Waals surface area (Å²) in [6, 6.07) is 6.20. The minimum atomic E-state index is -0.389. The van der Waals surface area contributed by atoms with E-state index in [1.165, 1.54) is 37.0 Å². The Morgan fingerprint density at radius 3 is 2.59 bits per heavy atom. The maximum absolute atomic E-state index is 9.53. The Labute approximate surface area is 116 Å². The molecule has 0 spiro atoms. The third kappa shape index (κ3) is 3.73. The van der Waals surface area contributed by atoms with Crippen LogP contribution >= 0.6 is 27.7 Å². The Kier molecular flexibility index (Phi) is 4.95. The number of thioether (sulfide) groups is 1. The van der Waals surface area contributed by atoms with Gasteiger partial charge in [-0.3, -0.25) is 0 Å². The predicted molar refractivity (Wildman–Crippen MR) is 77.5 cm³/mol. The van der Waals surface area contributed by atoms with Crippen LogP contribution in [0.5, 0.6) is 0 Å². The van der Waals surface area contributed by atoms with Gasteiger partial charge in [0.05, 0.1) is 6.10 Å². The van der Waals surface area contributed by atoms with Crippen molar-refractivity contribution in [2.75, 3.05) is 0 Å². The second-order valence-electron chi connectivity index (χ2n) is 4.74. The lowest BCUT2D eigenvalue weighted by Gasteiger charge is -2.21. The number of aliphatic hydroxyl groups is 1. The van der Waals surface area contributed by atoms with Gasteiger partial charge in [0, 0.05) is 14.6 Å². The number of rotatable bonds is 3. The van der Waals surface area contributed by atoms with E-state index in [0.717, 1.165) is 15.3 Å². The van der Waals surface area contributed by atoms with E-state index in [9.17, 15) is 5.11 Å². The van der Waals surface area contributed by atoms with Gasteiger partial charge in [-0.05, 0) is 53.4 Å². The Hall–Kier alpha value is 0.01000. The third-order valence-corrected chi connectivity index (χ3v) is 5.62. The van der Waals surface area contributed by atoms with Gasteiger partial charge in [-0.25, -0.2) is 0 Å². The fraction of sp³-hybridized carbons (Fsp3) is 0.571. The molecule has 1 N–H and O–H groups in total. The van der Waals surface area contributed by atoms with Crippen molar-refractivity contribution < 1.29 is 5.11 Å². The molecule has 1 atom stereocenters. The van der Waals surface area contributed by atoms with E-state index in [4.69, 9.17) is 0 Å². The molecule has 1 aromatic rings. The van der Waals surface area contributed by atoms with Crippen LogP contribution in [0.1, 0.15) is 50.7 Å². The molecule has 1 aliphatic rings. The van der Waals surface area contributed by atoms with Crippen molar-refractivity contribution in [2.24, 2.45) is 0 Å². The molecule has 0 saturated heterocycles. The molecule has 0 amide bonds. The third-order valence-electron chi connectivity index (χ3n) is 3.28. The van der Waals surface area contributed by atoms with Crippen molar-refractivity contribution in [3.63, 3.8) is 0 Å². The van der Waals surface area contributed by atoms with Gasteiger partial charge in [0.15, 0.2) is 0 Å². The quantitative estimate of drug-likeness (QED) is 0.853. The lowest BCUT2D eigenvalue weighted by molar-refractivity contribution is 0.199. The van der Waals surface area contributed by atoms with Crippen molar-refractivity contribution in [3.8, 4) is 0 Å². The summed E-state index contributed by atoms with van der Waals surface area (Å²) in [6.45, 7) is 1.80. The van der Waals surface area contributed by atoms with E-state index in [-0.39, 0.29) is 6.10 Å². The molecule has 1 aliphatic carbocycles. The summed E-state index contributed by atoms with van der Waals surface area (Å²) in [7, 11) is 0. The van der Waals surface area contributed by atoms with E-state index >= 15 is 0 Å². The molecule has 0 bridgehead atoms. The molecular weight excluding hydrogens is 296 g/mol. The highest BCUT2D eigenvalue weighted by Gasteiger charge is 2.16. The van der Waals surface area contributed by atoms with E-state index in [1.54, 1.807) is 6.92 Å². The fourth-order valence-electron chi connectivity index (χ4n) is 2.24. The first-order chi connectivity index (χ1) is 8.16. The molecule has 0 aromatic heterocycles. The van der Waals surface area contributed by atoms with Crippen LogP contribution in [-0.2, 0) is 0 Å². The highest BCUT2D eigenvalue weighted by Crippen LogP contribution is 2.37. The Morgan fingerprint density at radius 1 is 1.29 bits per heavy atom. The van der Waals surface area contributed by atoms with Crippen LogP contribution in [0.15, 0.2) is 27.6 Å². The minimum Gasteiger partial charge on any atom is -0.389 e. The first-order valence-electron chi connectivity index (χ1n) is 6.31. The Balaban J connectivity index is 2.05. The topological polar surface area (TPSA) is 20.2 Å². The van der Waals surface area contributed by atoms with Crippen molar-refractivity contribution in [1.82, 2.24) is 0 Å². The predicted octanol–water partition coefficient (Wildman–Crippen LogP) is 4.93. The molecule has 0 unspecified atom stereocenters. The van der Waals surface area contributed by atoms with Gasteiger partial charge < -0.3 is 5.11 Å². The molecule has 0 radical (unpaired) electrons. The van der Waals surface area contributed by atoms with Gasteiger partial charge in [-0.15, -0.1) is 11.8 Å². The number of hydrogen-bond acceptors (Lipinski definition) is 2. The van der Waals surface area contributed by atoms with Crippen LogP contribution in [0.4, 0.5) is 0 Å². The lowest BCUT2D eigenvalue weighted by Crippen LogP contribution is -2.07. The molecule has 1 fully saturated rings. The summed E-state index contributed by atoms with van der Waals surface area (Å²) < 4.78 is 1.12. The molecule has 1 saturated carbocycles. The average molecular weight is 315 g/mol. The summed E-state index contributed by atoms with van der Waals surface area (Å²) in [5, 5.41) is 10.3. The maximum Gasteiger partial charge on any atom is 0.0762 e. The molecule has 0 heterocycles. The summed E-state index contributed by atoms with van der Waals surface area (Å²) in [5.41, 5.74) is 0.977. The number of aliphatic hydroxyl groups excluding tert-OH is 1. The first-order valence-corrected chi connectivity index (χ1v) is 7.98. The standard InChI is InChI=1S/C14H19BrOS/c1-10(16)11-7-8-14(13(15)9-11)17-12-5-3-2-4-6-12/h7-10,12,16H,2-6H2,1H3/t10-/m1/s1. The van der Waals surface area contributed by atoms with Gasteiger partial charge in [-0.1, -0.05) is 25.3 Å². The first kappa shape index (κ1) is 13.4. The van der Waals surface area contributed by atoms with Crippen LogP contribution in [0, 0.1) is 0 Å². The van der Waals surface area contributed by atoms with Crippen molar-refractivity contribution in [3.05, 3.63) is 28.2 Å². The number of halogens is 1. The molecule has 3 heteroatoms. The Bertz CT molecular complexity index is 372. The van der Waals surface area contributed by atoms with E-state index < -0.39 is 0 Å². The summed E-state index contributed by atoms with van der Waals surface area (Å²) in [5.74, 6) is 0. The Morgan fingerprint density at radius 2 is 2.00 bits per heavy atom. The molecule has 94 valence electrons. The molecule has 2 rings (SSSR count). The highest BCUT2D eigenvalue weighted by atomic mass is 79.9. The zero-order valence-corrected chi connectivity index (χ0v) is 12.6. The SMILES string of the molecule is C[C@@H](O)c1ccc(SC2CCCCC2)c(Br)c1. The van der Waals surface area contributed by atoms with Crippen molar-refractivity contribution in [2.45, 2.75) is 55.3 Å². The number of hydrogen-bond donors (Lipinski definition) is 1. The van der Waals surface area contributed by atoms with Gasteiger partial charge in [-0.2, -0.15) is 0 Å². The van der Waals surface area contributed by atoms with Gasteiger partial charge in [0.25, 0.3) is 0 Å². The zero-order valence-electron chi connectivity index (χ0n) is 10.2. The summed E-state index contributed by atoms with van der Waals surface area (Å²) in [6.07, 6.45) is 6.45.